The first-order valence-corrected chi connectivity index (χ1v) is 17.0. The molecule has 0 aliphatic heterocycles. The van der Waals surface area contributed by atoms with E-state index in [4.69, 9.17) is 5.11 Å². The molecule has 2 N–H and O–H groups in total. The molecule has 0 heterocycles. The molecule has 0 unspecified atom stereocenters. The minimum atomic E-state index is -1.71. The van der Waals surface area contributed by atoms with Gasteiger partial charge in [-0.15, -0.1) is 0 Å². The molecule has 2 rings (SSSR count). The maximum absolute atomic E-state index is 14.6. The van der Waals surface area contributed by atoms with Crippen LogP contribution in [-0.2, 0) is 4.79 Å². The molecule has 0 saturated carbocycles. The fraction of sp³-hybridized carbons (Fsp3) is 0.304. The molecular weight excluding hydrogens is 432 g/mol. The first-order chi connectivity index (χ1) is 14.1. The largest absolute Gasteiger partial charge is 0.478 e. The zero-order chi connectivity index (χ0) is 23.7. The third-order valence-electron chi connectivity index (χ3n) is 5.00. The van der Waals surface area contributed by atoms with Gasteiger partial charge in [-0.05, 0) is 18.6 Å². The summed E-state index contributed by atoms with van der Waals surface area (Å²) in [7, 11) is -3.42. The summed E-state index contributed by atoms with van der Waals surface area (Å²) in [4.78, 5) is 23.7. The van der Waals surface area contributed by atoms with E-state index in [1.165, 1.54) is 6.92 Å². The van der Waals surface area contributed by atoms with Gasteiger partial charge in [0, 0.05) is 23.3 Å². The van der Waals surface area contributed by atoms with E-state index in [0.717, 1.165) is 28.6 Å². The normalized spacial score (nSPS) is 12.6. The molecule has 0 aromatic heterocycles. The highest BCUT2D eigenvalue weighted by Crippen LogP contribution is 2.25. The van der Waals surface area contributed by atoms with Gasteiger partial charge in [0.2, 0.25) is 0 Å². The second kappa shape index (κ2) is 8.88. The molecule has 2 aromatic carbocycles. The summed E-state index contributed by atoms with van der Waals surface area (Å²) in [6.45, 7) is 14.5. The highest BCUT2D eigenvalue weighted by Gasteiger charge is 2.25. The molecule has 8 heteroatoms. The van der Waals surface area contributed by atoms with Crippen LogP contribution < -0.4 is 15.7 Å². The van der Waals surface area contributed by atoms with Crippen molar-refractivity contribution in [3.8, 4) is 0 Å². The molecule has 31 heavy (non-hydrogen) atoms. The lowest BCUT2D eigenvalue weighted by Crippen LogP contribution is -2.46. The molecule has 1 amide bonds. The number of hydrogen-bond donors (Lipinski definition) is 2. The molecule has 0 spiro atoms. The molecular formula is C23H29F2NO3Si2. The van der Waals surface area contributed by atoms with Gasteiger partial charge in [-0.25, -0.2) is 13.6 Å². The number of carboxylic acids is 1. The van der Waals surface area contributed by atoms with Crippen LogP contribution in [0.5, 0.6) is 0 Å². The van der Waals surface area contributed by atoms with Crippen molar-refractivity contribution in [1.29, 1.82) is 0 Å². The Bertz CT molecular complexity index is 1040. The minimum Gasteiger partial charge on any atom is -0.478 e. The maximum atomic E-state index is 14.6. The molecule has 0 atom stereocenters. The molecule has 0 saturated heterocycles. The van der Waals surface area contributed by atoms with Gasteiger partial charge >= 0.3 is 5.97 Å². The predicted molar refractivity (Wildman–Crippen MR) is 128 cm³/mol. The van der Waals surface area contributed by atoms with Crippen molar-refractivity contribution >= 4 is 49.7 Å². The average molecular weight is 462 g/mol. The highest BCUT2D eigenvalue weighted by molar-refractivity contribution is 6.91. The van der Waals surface area contributed by atoms with Crippen LogP contribution in [0.1, 0.15) is 22.8 Å². The fourth-order valence-electron chi connectivity index (χ4n) is 3.03. The molecule has 2 aromatic rings. The van der Waals surface area contributed by atoms with Gasteiger partial charge < -0.3 is 10.4 Å². The standard InChI is InChI=1S/C23H29F2NO3Si2/c1-14(8-22(27)28)18-12-20(25)21(13-19(18)24)26-23(29)15-9-16(30(2,3)4)11-17(10-15)31(5,6)7/h8-13H,1-7H3,(H,26,29)(H,27,28)/b14-8+. The lowest BCUT2D eigenvalue weighted by Gasteiger charge is -2.24. The lowest BCUT2D eigenvalue weighted by atomic mass is 10.1. The summed E-state index contributed by atoms with van der Waals surface area (Å²) >= 11 is 0. The smallest absolute Gasteiger partial charge is 0.328 e. The first-order valence-electron chi connectivity index (χ1n) is 9.97. The van der Waals surface area contributed by atoms with Gasteiger partial charge in [0.15, 0.2) is 0 Å². The zero-order valence-corrected chi connectivity index (χ0v) is 21.0. The van der Waals surface area contributed by atoms with Crippen LogP contribution in [0.25, 0.3) is 5.57 Å². The van der Waals surface area contributed by atoms with E-state index in [0.29, 0.717) is 5.56 Å². The Kier molecular flexibility index (Phi) is 7.07. The Balaban J connectivity index is 2.46. The van der Waals surface area contributed by atoms with Gasteiger partial charge in [-0.3, -0.25) is 4.79 Å². The zero-order valence-electron chi connectivity index (χ0n) is 19.0. The Morgan fingerprint density at radius 1 is 0.871 bits per heavy atom. The van der Waals surface area contributed by atoms with Gasteiger partial charge in [0.1, 0.15) is 11.6 Å². The average Bonchev–Trinajstić information content (AvgIpc) is 2.61. The van der Waals surface area contributed by atoms with Crippen LogP contribution in [0.3, 0.4) is 0 Å². The molecule has 0 aliphatic carbocycles. The van der Waals surface area contributed by atoms with E-state index >= 15 is 0 Å². The minimum absolute atomic E-state index is 0.0735. The number of aliphatic carboxylic acids is 1. The number of anilines is 1. The topological polar surface area (TPSA) is 66.4 Å². The van der Waals surface area contributed by atoms with Gasteiger partial charge in [0.25, 0.3) is 5.91 Å². The predicted octanol–water partition coefficient (Wildman–Crippen LogP) is 4.80. The lowest BCUT2D eigenvalue weighted by molar-refractivity contribution is -0.131. The molecule has 0 fully saturated rings. The van der Waals surface area contributed by atoms with E-state index in [1.807, 2.05) is 12.1 Å². The number of hydrogen-bond acceptors (Lipinski definition) is 2. The van der Waals surface area contributed by atoms with E-state index in [2.05, 4.69) is 50.7 Å². The van der Waals surface area contributed by atoms with Crippen molar-refractivity contribution < 1.29 is 23.5 Å². The summed E-state index contributed by atoms with van der Waals surface area (Å²) < 4.78 is 29.1. The van der Waals surface area contributed by atoms with Crippen molar-refractivity contribution in [3.05, 3.63) is 59.2 Å². The van der Waals surface area contributed by atoms with Crippen LogP contribution in [0.4, 0.5) is 14.5 Å². The maximum Gasteiger partial charge on any atom is 0.328 e. The van der Waals surface area contributed by atoms with Gasteiger partial charge in [0.05, 0.1) is 21.8 Å². The summed E-state index contributed by atoms with van der Waals surface area (Å²) in [5, 5.41) is 13.6. The summed E-state index contributed by atoms with van der Waals surface area (Å²) in [6.07, 6.45) is 0.801. The molecule has 4 nitrogen and oxygen atoms in total. The number of carbonyl (C=O) groups is 2. The summed E-state index contributed by atoms with van der Waals surface area (Å²) in [6, 6.07) is 7.64. The monoisotopic (exact) mass is 461 g/mol. The number of carboxylic acid groups (broad SMARTS) is 1. The SMILES string of the molecule is C/C(=C\C(=O)O)c1cc(F)c(NC(=O)c2cc([Si](C)(C)C)cc([Si](C)(C)C)c2)cc1F. The van der Waals surface area contributed by atoms with Crippen LogP contribution in [-0.4, -0.2) is 33.1 Å². The summed E-state index contributed by atoms with van der Waals surface area (Å²) in [5.74, 6) is -3.42. The first kappa shape index (κ1) is 24.7. The van der Waals surface area contributed by atoms with E-state index < -0.39 is 39.7 Å². The van der Waals surface area contributed by atoms with Crippen molar-refractivity contribution in [2.75, 3.05) is 5.32 Å². The fourth-order valence-corrected chi connectivity index (χ4v) is 5.53. The van der Waals surface area contributed by atoms with E-state index in [1.54, 1.807) is 0 Å². The molecule has 0 bridgehead atoms. The quantitative estimate of drug-likeness (QED) is 0.480. The highest BCUT2D eigenvalue weighted by atomic mass is 28.3. The van der Waals surface area contributed by atoms with Crippen LogP contribution in [0, 0.1) is 11.6 Å². The second-order valence-corrected chi connectivity index (χ2v) is 19.9. The Labute approximate surface area is 184 Å². The number of carbonyl (C=O) groups excluding carboxylic acids is 1. The van der Waals surface area contributed by atoms with Gasteiger partial charge in [-0.1, -0.05) is 67.9 Å². The van der Waals surface area contributed by atoms with Crippen LogP contribution in [0.15, 0.2) is 36.4 Å². The Morgan fingerprint density at radius 2 is 1.39 bits per heavy atom. The van der Waals surface area contributed by atoms with Crippen molar-refractivity contribution in [2.24, 2.45) is 0 Å². The third kappa shape index (κ3) is 6.21. The second-order valence-electron chi connectivity index (χ2n) is 9.73. The van der Waals surface area contributed by atoms with Crippen molar-refractivity contribution in [2.45, 2.75) is 46.2 Å². The Hall–Kier alpha value is -2.59. The van der Waals surface area contributed by atoms with Crippen LogP contribution in [0.2, 0.25) is 39.3 Å². The number of rotatable bonds is 6. The third-order valence-corrected chi connectivity index (χ3v) is 9.04. The number of halogens is 2. The summed E-state index contributed by atoms with van der Waals surface area (Å²) in [5.41, 5.74) is 0.0366. The molecule has 0 radical (unpaired) electrons. The molecule has 166 valence electrons. The van der Waals surface area contributed by atoms with Crippen LogP contribution >= 0.6 is 0 Å². The number of allylic oxidation sites excluding steroid dienone is 1. The van der Waals surface area contributed by atoms with E-state index in [9.17, 15) is 18.4 Å². The van der Waals surface area contributed by atoms with Gasteiger partial charge in [-0.2, -0.15) is 0 Å². The number of amides is 1. The Morgan fingerprint density at radius 3 is 1.84 bits per heavy atom. The number of nitrogens with one attached hydrogen (secondary N) is 1. The van der Waals surface area contributed by atoms with E-state index in [-0.39, 0.29) is 16.8 Å². The van der Waals surface area contributed by atoms with Crippen molar-refractivity contribution in [1.82, 2.24) is 0 Å². The number of benzene rings is 2. The van der Waals surface area contributed by atoms with Crippen molar-refractivity contribution in [3.63, 3.8) is 0 Å². The molecule has 0 aliphatic rings.